The van der Waals surface area contributed by atoms with Crippen LogP contribution in [0.4, 0.5) is 0 Å². The second kappa shape index (κ2) is 6.56. The number of nitrogens with one attached hydrogen (secondary N) is 1. The molecule has 9 nitrogen and oxygen atoms in total. The van der Waals surface area contributed by atoms with Gasteiger partial charge in [0.25, 0.3) is 5.56 Å². The molecule has 1 aliphatic heterocycles. The van der Waals surface area contributed by atoms with Crippen LogP contribution in [0, 0.1) is 0 Å². The number of esters is 2. The molecule has 0 aliphatic carbocycles. The smallest absolute Gasteiger partial charge is 0.330 e. The lowest BCUT2D eigenvalue weighted by atomic mass is 10.2. The van der Waals surface area contributed by atoms with E-state index < -0.39 is 41.6 Å². The van der Waals surface area contributed by atoms with E-state index in [0.717, 1.165) is 0 Å². The Kier molecular flexibility index (Phi) is 4.76. The van der Waals surface area contributed by atoms with Gasteiger partial charge in [-0.25, -0.2) is 4.79 Å². The van der Waals surface area contributed by atoms with Gasteiger partial charge in [0.1, 0.15) is 25.0 Å². The fraction of sp³-hybridized carbons (Fsp3) is 0.538. The van der Waals surface area contributed by atoms with E-state index in [-0.39, 0.29) is 13.0 Å². The predicted molar refractivity (Wildman–Crippen MR) is 72.0 cm³/mol. The van der Waals surface area contributed by atoms with Crippen LogP contribution in [0.1, 0.15) is 26.5 Å². The summed E-state index contributed by atoms with van der Waals surface area (Å²) in [7, 11) is 0. The maximum absolute atomic E-state index is 11.8. The van der Waals surface area contributed by atoms with Crippen molar-refractivity contribution in [2.24, 2.45) is 0 Å². The molecule has 1 N–H and O–H groups in total. The fourth-order valence-electron chi connectivity index (χ4n) is 2.21. The van der Waals surface area contributed by atoms with E-state index >= 15 is 0 Å². The van der Waals surface area contributed by atoms with Crippen LogP contribution in [0.3, 0.4) is 0 Å². The molecule has 1 aromatic heterocycles. The lowest BCUT2D eigenvalue weighted by molar-refractivity contribution is -0.155. The molecule has 22 heavy (non-hydrogen) atoms. The molecule has 9 heteroatoms. The van der Waals surface area contributed by atoms with Gasteiger partial charge in [-0.1, -0.05) is 0 Å². The summed E-state index contributed by atoms with van der Waals surface area (Å²) in [5.74, 6) is -0.995. The summed E-state index contributed by atoms with van der Waals surface area (Å²) in [6.07, 6.45) is -0.561. The van der Waals surface area contributed by atoms with Gasteiger partial charge in [0, 0.05) is 32.5 Å². The van der Waals surface area contributed by atoms with Gasteiger partial charge >= 0.3 is 17.6 Å². The first-order valence-corrected chi connectivity index (χ1v) is 6.64. The number of ether oxygens (including phenoxy) is 3. The van der Waals surface area contributed by atoms with Crippen molar-refractivity contribution < 1.29 is 23.8 Å². The van der Waals surface area contributed by atoms with Crippen LogP contribution in [-0.2, 0) is 23.8 Å². The van der Waals surface area contributed by atoms with Crippen molar-refractivity contribution in [3.63, 3.8) is 0 Å². The summed E-state index contributed by atoms with van der Waals surface area (Å²) in [4.78, 5) is 47.0. The molecule has 1 saturated heterocycles. The number of carbonyl (C=O) groups is 2. The second-order valence-corrected chi connectivity index (χ2v) is 4.83. The third-order valence-corrected chi connectivity index (χ3v) is 3.11. The maximum Gasteiger partial charge on any atom is 0.330 e. The molecule has 0 aromatic carbocycles. The highest BCUT2D eigenvalue weighted by atomic mass is 16.6. The SMILES string of the molecule is CC(=O)OC[C@H]1O[C@@H](n2ccc(=O)[nH]c2=O)C[C@H]1OC(C)=O. The van der Waals surface area contributed by atoms with Crippen molar-refractivity contribution in [2.75, 3.05) is 6.61 Å². The molecule has 0 spiro atoms. The van der Waals surface area contributed by atoms with Crippen LogP contribution in [-0.4, -0.2) is 40.3 Å². The lowest BCUT2D eigenvalue weighted by Crippen LogP contribution is -2.32. The molecule has 0 saturated carbocycles. The highest BCUT2D eigenvalue weighted by Gasteiger charge is 2.39. The van der Waals surface area contributed by atoms with E-state index in [4.69, 9.17) is 14.2 Å². The monoisotopic (exact) mass is 312 g/mol. The third kappa shape index (κ3) is 3.82. The summed E-state index contributed by atoms with van der Waals surface area (Å²) < 4.78 is 16.8. The molecule has 0 radical (unpaired) electrons. The molecule has 1 fully saturated rings. The number of nitrogens with zero attached hydrogens (tertiary/aromatic N) is 1. The number of hydrogen-bond acceptors (Lipinski definition) is 7. The van der Waals surface area contributed by atoms with Gasteiger partial charge in [-0.2, -0.15) is 0 Å². The highest BCUT2D eigenvalue weighted by molar-refractivity contribution is 5.66. The van der Waals surface area contributed by atoms with Gasteiger partial charge in [-0.3, -0.25) is 23.9 Å². The molecule has 3 atom stereocenters. The van der Waals surface area contributed by atoms with Crippen molar-refractivity contribution in [1.82, 2.24) is 9.55 Å². The van der Waals surface area contributed by atoms with Crippen molar-refractivity contribution in [3.8, 4) is 0 Å². The Morgan fingerprint density at radius 1 is 1.36 bits per heavy atom. The van der Waals surface area contributed by atoms with Gasteiger partial charge in [0.2, 0.25) is 0 Å². The first-order valence-electron chi connectivity index (χ1n) is 6.64. The minimum Gasteiger partial charge on any atom is -0.463 e. The topological polar surface area (TPSA) is 117 Å². The van der Waals surface area contributed by atoms with Gasteiger partial charge in [0.05, 0.1) is 0 Å². The largest absolute Gasteiger partial charge is 0.463 e. The zero-order valence-electron chi connectivity index (χ0n) is 12.1. The Morgan fingerprint density at radius 3 is 2.68 bits per heavy atom. The van der Waals surface area contributed by atoms with Gasteiger partial charge in [-0.15, -0.1) is 0 Å². The van der Waals surface area contributed by atoms with E-state index in [9.17, 15) is 19.2 Å². The lowest BCUT2D eigenvalue weighted by Gasteiger charge is -2.17. The summed E-state index contributed by atoms with van der Waals surface area (Å²) >= 11 is 0. The Bertz CT molecular complexity index is 677. The standard InChI is InChI=1S/C13H16N2O7/c1-7(16)20-6-10-9(21-8(2)17)5-12(22-10)15-4-3-11(18)14-13(15)19/h3-4,9-10,12H,5-6H2,1-2H3,(H,14,18,19)/t9-,10-,12-/m1/s1. The normalized spacial score (nSPS) is 24.0. The quantitative estimate of drug-likeness (QED) is 0.732. The van der Waals surface area contributed by atoms with E-state index in [0.29, 0.717) is 0 Å². The summed E-state index contributed by atoms with van der Waals surface area (Å²) in [6, 6.07) is 1.19. The Labute approximate surface area is 124 Å². The molecule has 1 aromatic rings. The zero-order chi connectivity index (χ0) is 16.3. The highest BCUT2D eigenvalue weighted by Crippen LogP contribution is 2.30. The van der Waals surface area contributed by atoms with E-state index in [1.807, 2.05) is 0 Å². The molecule has 120 valence electrons. The number of rotatable bonds is 4. The van der Waals surface area contributed by atoms with Gasteiger partial charge in [0.15, 0.2) is 0 Å². The van der Waals surface area contributed by atoms with Crippen LogP contribution in [0.5, 0.6) is 0 Å². The van der Waals surface area contributed by atoms with Crippen molar-refractivity contribution in [1.29, 1.82) is 0 Å². The van der Waals surface area contributed by atoms with Crippen molar-refractivity contribution in [3.05, 3.63) is 33.1 Å². The Balaban J connectivity index is 2.17. The summed E-state index contributed by atoms with van der Waals surface area (Å²) in [6.45, 7) is 2.41. The van der Waals surface area contributed by atoms with E-state index in [2.05, 4.69) is 4.98 Å². The second-order valence-electron chi connectivity index (χ2n) is 4.83. The van der Waals surface area contributed by atoms with Crippen molar-refractivity contribution >= 4 is 11.9 Å². The molecule has 2 rings (SSSR count). The molecule has 0 amide bonds. The Hall–Kier alpha value is -2.42. The number of aromatic amines is 1. The predicted octanol–water partition coefficient (Wildman–Crippen LogP) is -0.681. The minimum atomic E-state index is -0.728. The molecule has 2 heterocycles. The number of carbonyl (C=O) groups excluding carboxylic acids is 2. The summed E-state index contributed by atoms with van der Waals surface area (Å²) in [5.41, 5.74) is -1.15. The van der Waals surface area contributed by atoms with Crippen LogP contribution in [0.25, 0.3) is 0 Å². The first kappa shape index (κ1) is 16.0. The fourth-order valence-corrected chi connectivity index (χ4v) is 2.21. The summed E-state index contributed by atoms with van der Waals surface area (Å²) in [5, 5.41) is 0. The van der Waals surface area contributed by atoms with Crippen molar-refractivity contribution in [2.45, 2.75) is 38.7 Å². The number of aromatic nitrogens is 2. The van der Waals surface area contributed by atoms with E-state index in [1.54, 1.807) is 0 Å². The van der Waals surface area contributed by atoms with Gasteiger partial charge in [-0.05, 0) is 0 Å². The Morgan fingerprint density at radius 2 is 2.09 bits per heavy atom. The average molecular weight is 312 g/mol. The molecular formula is C13H16N2O7. The van der Waals surface area contributed by atoms with E-state index in [1.165, 1.54) is 30.7 Å². The molecule has 0 bridgehead atoms. The first-order chi connectivity index (χ1) is 10.4. The van der Waals surface area contributed by atoms with Crippen LogP contribution in [0.15, 0.2) is 21.9 Å². The third-order valence-electron chi connectivity index (χ3n) is 3.11. The van der Waals surface area contributed by atoms with Gasteiger partial charge < -0.3 is 14.2 Å². The maximum atomic E-state index is 11.8. The molecule has 0 unspecified atom stereocenters. The molecule has 1 aliphatic rings. The van der Waals surface area contributed by atoms with Crippen LogP contribution >= 0.6 is 0 Å². The molecular weight excluding hydrogens is 296 g/mol. The average Bonchev–Trinajstić information content (AvgIpc) is 2.78. The van der Waals surface area contributed by atoms with Crippen LogP contribution < -0.4 is 11.2 Å². The zero-order valence-corrected chi connectivity index (χ0v) is 12.1. The number of hydrogen-bond donors (Lipinski definition) is 1. The number of H-pyrrole nitrogens is 1. The van der Waals surface area contributed by atoms with Crippen LogP contribution in [0.2, 0.25) is 0 Å². The minimum absolute atomic E-state index is 0.0954.